The van der Waals surface area contributed by atoms with Crippen LogP contribution in [0.25, 0.3) is 0 Å². The number of carbonyl (C=O) groups excluding carboxylic acids is 2. The van der Waals surface area contributed by atoms with Crippen LogP contribution in [-0.2, 0) is 16.1 Å². The fourth-order valence-electron chi connectivity index (χ4n) is 2.93. The molecule has 25 heavy (non-hydrogen) atoms. The fourth-order valence-corrected chi connectivity index (χ4v) is 3.09. The number of hydrogen-bond donors (Lipinski definition) is 1. The second-order valence-electron chi connectivity index (χ2n) is 5.90. The summed E-state index contributed by atoms with van der Waals surface area (Å²) in [6.07, 6.45) is 1.28. The van der Waals surface area contributed by atoms with Crippen molar-refractivity contribution in [3.05, 3.63) is 58.6 Å². The van der Waals surface area contributed by atoms with Gasteiger partial charge in [-0.05, 0) is 42.3 Å². The van der Waals surface area contributed by atoms with Gasteiger partial charge in [-0.15, -0.1) is 0 Å². The van der Waals surface area contributed by atoms with Crippen molar-refractivity contribution in [2.45, 2.75) is 19.4 Å². The number of rotatable bonds is 5. The Bertz CT molecular complexity index is 807. The molecule has 1 N–H and O–H groups in total. The fraction of sp³-hybridized carbons (Fsp3) is 0.263. The minimum absolute atomic E-state index is 0.0124. The molecule has 1 aliphatic rings. The van der Waals surface area contributed by atoms with Crippen molar-refractivity contribution < 1.29 is 14.3 Å². The Morgan fingerprint density at radius 1 is 1.28 bits per heavy atom. The van der Waals surface area contributed by atoms with Crippen molar-refractivity contribution in [1.82, 2.24) is 0 Å². The highest BCUT2D eigenvalue weighted by Crippen LogP contribution is 2.29. The number of nitrogens with one attached hydrogen (secondary N) is 1. The molecule has 1 aliphatic heterocycles. The van der Waals surface area contributed by atoms with E-state index in [-0.39, 0.29) is 11.8 Å². The van der Waals surface area contributed by atoms with E-state index in [0.717, 1.165) is 12.0 Å². The molecule has 2 aromatic carbocycles. The average molecular weight is 359 g/mol. The molecule has 0 bridgehead atoms. The highest BCUT2D eigenvalue weighted by Gasteiger charge is 2.26. The van der Waals surface area contributed by atoms with Crippen LogP contribution >= 0.6 is 11.6 Å². The highest BCUT2D eigenvalue weighted by atomic mass is 35.5. The first-order valence-corrected chi connectivity index (χ1v) is 8.45. The predicted molar refractivity (Wildman–Crippen MR) is 98.1 cm³/mol. The van der Waals surface area contributed by atoms with Crippen LogP contribution in [0.15, 0.2) is 42.5 Å². The molecule has 1 saturated heterocycles. The lowest BCUT2D eigenvalue weighted by Crippen LogP contribution is -2.27. The minimum atomic E-state index is -0.277. The number of halogens is 1. The summed E-state index contributed by atoms with van der Waals surface area (Å²) in [5.74, 6) is -0.264. The third-order valence-corrected chi connectivity index (χ3v) is 4.30. The monoisotopic (exact) mass is 358 g/mol. The quantitative estimate of drug-likeness (QED) is 0.882. The summed E-state index contributed by atoms with van der Waals surface area (Å²) in [5, 5.41) is 3.37. The first-order valence-electron chi connectivity index (χ1n) is 8.07. The van der Waals surface area contributed by atoms with Gasteiger partial charge in [0.2, 0.25) is 5.91 Å². The molecule has 0 aliphatic carbocycles. The number of amides is 2. The Morgan fingerprint density at radius 3 is 2.84 bits per heavy atom. The number of benzene rings is 2. The molecule has 3 rings (SSSR count). The van der Waals surface area contributed by atoms with E-state index >= 15 is 0 Å². The van der Waals surface area contributed by atoms with Gasteiger partial charge in [0, 0.05) is 30.8 Å². The van der Waals surface area contributed by atoms with Crippen molar-refractivity contribution in [3.63, 3.8) is 0 Å². The van der Waals surface area contributed by atoms with Crippen LogP contribution in [0.1, 0.15) is 28.8 Å². The lowest BCUT2D eigenvalue weighted by molar-refractivity contribution is -0.117. The lowest BCUT2D eigenvalue weighted by atomic mass is 10.1. The maximum absolute atomic E-state index is 12.8. The molecule has 2 aromatic rings. The molecule has 0 aromatic heterocycles. The summed E-state index contributed by atoms with van der Waals surface area (Å²) >= 11 is 6.08. The molecule has 130 valence electrons. The number of methoxy groups -OCH3 is 1. The molecule has 6 heteroatoms. The molecular weight excluding hydrogens is 340 g/mol. The van der Waals surface area contributed by atoms with Crippen molar-refractivity contribution in [3.8, 4) is 0 Å². The molecule has 0 radical (unpaired) electrons. The molecule has 2 amide bonds. The van der Waals surface area contributed by atoms with Gasteiger partial charge >= 0.3 is 0 Å². The summed E-state index contributed by atoms with van der Waals surface area (Å²) in [4.78, 5) is 26.5. The molecular formula is C19H19ClN2O3. The third kappa shape index (κ3) is 4.00. The van der Waals surface area contributed by atoms with Crippen LogP contribution in [-0.4, -0.2) is 25.5 Å². The SMILES string of the molecule is COCc1cccc(NC(=O)c2ccc(Cl)cc2N2CCCC2=O)c1. The molecule has 0 saturated carbocycles. The average Bonchev–Trinajstić information content (AvgIpc) is 3.01. The molecule has 1 heterocycles. The summed E-state index contributed by atoms with van der Waals surface area (Å²) in [6, 6.07) is 12.4. The largest absolute Gasteiger partial charge is 0.380 e. The van der Waals surface area contributed by atoms with Gasteiger partial charge in [0.25, 0.3) is 5.91 Å². The second-order valence-corrected chi connectivity index (χ2v) is 6.33. The summed E-state index contributed by atoms with van der Waals surface area (Å²) in [7, 11) is 1.62. The Balaban J connectivity index is 1.87. The maximum Gasteiger partial charge on any atom is 0.257 e. The normalized spacial score (nSPS) is 14.0. The maximum atomic E-state index is 12.8. The Kier molecular flexibility index (Phi) is 5.36. The summed E-state index contributed by atoms with van der Waals surface area (Å²) < 4.78 is 5.11. The van der Waals surface area contributed by atoms with Crippen LogP contribution in [0.3, 0.4) is 0 Å². The van der Waals surface area contributed by atoms with Gasteiger partial charge in [0.15, 0.2) is 0 Å². The van der Waals surface area contributed by atoms with Crippen LogP contribution in [0.5, 0.6) is 0 Å². The first-order chi connectivity index (χ1) is 12.1. The van der Waals surface area contributed by atoms with Gasteiger partial charge in [-0.25, -0.2) is 0 Å². The Labute approximate surface area is 151 Å². The van der Waals surface area contributed by atoms with Gasteiger partial charge in [0.1, 0.15) is 0 Å². The lowest BCUT2D eigenvalue weighted by Gasteiger charge is -2.20. The van der Waals surface area contributed by atoms with E-state index in [0.29, 0.717) is 41.5 Å². The Morgan fingerprint density at radius 2 is 2.12 bits per heavy atom. The molecule has 0 atom stereocenters. The highest BCUT2D eigenvalue weighted by molar-refractivity contribution is 6.31. The van der Waals surface area contributed by atoms with Gasteiger partial charge in [0.05, 0.1) is 17.9 Å². The second kappa shape index (κ2) is 7.68. The van der Waals surface area contributed by atoms with E-state index in [1.54, 1.807) is 30.2 Å². The van der Waals surface area contributed by atoms with Crippen molar-refractivity contribution >= 4 is 34.8 Å². The van der Waals surface area contributed by atoms with Gasteiger partial charge in [-0.2, -0.15) is 0 Å². The van der Waals surface area contributed by atoms with Crippen molar-refractivity contribution in [1.29, 1.82) is 0 Å². The first kappa shape index (κ1) is 17.5. The number of carbonyl (C=O) groups is 2. The van der Waals surface area contributed by atoms with E-state index in [1.165, 1.54) is 0 Å². The zero-order valence-corrected chi connectivity index (χ0v) is 14.7. The van der Waals surface area contributed by atoms with E-state index in [4.69, 9.17) is 16.3 Å². The molecule has 5 nitrogen and oxygen atoms in total. The number of nitrogens with zero attached hydrogens (tertiary/aromatic N) is 1. The minimum Gasteiger partial charge on any atom is -0.380 e. The van der Waals surface area contributed by atoms with Crippen LogP contribution in [0.4, 0.5) is 11.4 Å². The van der Waals surface area contributed by atoms with E-state index in [2.05, 4.69) is 5.32 Å². The van der Waals surface area contributed by atoms with E-state index in [1.807, 2.05) is 24.3 Å². The van der Waals surface area contributed by atoms with Gasteiger partial charge in [-0.1, -0.05) is 23.7 Å². The standard InChI is InChI=1S/C19H19ClN2O3/c1-25-12-13-4-2-5-15(10-13)21-19(24)16-8-7-14(20)11-17(16)22-9-3-6-18(22)23/h2,4-5,7-8,10-11H,3,6,9,12H2,1H3,(H,21,24). The zero-order chi connectivity index (χ0) is 17.8. The van der Waals surface area contributed by atoms with Crippen LogP contribution in [0, 0.1) is 0 Å². The summed E-state index contributed by atoms with van der Waals surface area (Å²) in [6.45, 7) is 1.07. The number of hydrogen-bond acceptors (Lipinski definition) is 3. The van der Waals surface area contributed by atoms with Gasteiger partial charge in [-0.3, -0.25) is 9.59 Å². The van der Waals surface area contributed by atoms with E-state index in [9.17, 15) is 9.59 Å². The number of ether oxygens (including phenoxy) is 1. The van der Waals surface area contributed by atoms with Crippen LogP contribution in [0.2, 0.25) is 5.02 Å². The van der Waals surface area contributed by atoms with Crippen LogP contribution < -0.4 is 10.2 Å². The summed E-state index contributed by atoms with van der Waals surface area (Å²) in [5.41, 5.74) is 2.62. The third-order valence-electron chi connectivity index (χ3n) is 4.06. The van der Waals surface area contributed by atoms with Crippen molar-refractivity contribution in [2.24, 2.45) is 0 Å². The van der Waals surface area contributed by atoms with E-state index < -0.39 is 0 Å². The smallest absolute Gasteiger partial charge is 0.257 e. The molecule has 1 fully saturated rings. The Hall–Kier alpha value is -2.37. The van der Waals surface area contributed by atoms with Crippen molar-refractivity contribution in [2.75, 3.05) is 23.9 Å². The number of anilines is 2. The molecule has 0 spiro atoms. The molecule has 0 unspecified atom stereocenters. The van der Waals surface area contributed by atoms with Gasteiger partial charge < -0.3 is 15.0 Å². The predicted octanol–water partition coefficient (Wildman–Crippen LogP) is 3.87. The topological polar surface area (TPSA) is 58.6 Å². The zero-order valence-electron chi connectivity index (χ0n) is 13.9.